The number of rotatable bonds is 51. The zero-order valence-corrected chi connectivity index (χ0v) is 46.4. The largest absolute Gasteiger partial charge is 0.462 e. The number of hydrogen-bond donors (Lipinski definition) is 0. The second-order valence-corrected chi connectivity index (χ2v) is 18.8. The first-order valence-corrected chi connectivity index (χ1v) is 29.2. The molecule has 406 valence electrons. The molecule has 0 spiro atoms. The van der Waals surface area contributed by atoms with E-state index in [9.17, 15) is 14.4 Å². The van der Waals surface area contributed by atoms with Crippen molar-refractivity contribution in [3.63, 3.8) is 0 Å². The fourth-order valence-corrected chi connectivity index (χ4v) is 7.60. The Morgan fingerprint density at radius 3 is 0.889 bits per heavy atom. The highest BCUT2D eigenvalue weighted by atomic mass is 16.6. The topological polar surface area (TPSA) is 78.9 Å². The molecule has 0 aromatic rings. The van der Waals surface area contributed by atoms with E-state index >= 15 is 0 Å². The maximum atomic E-state index is 12.8. The Balaban J connectivity index is 4.25. The van der Waals surface area contributed by atoms with Crippen LogP contribution in [0.4, 0.5) is 0 Å². The second-order valence-electron chi connectivity index (χ2n) is 18.8. The first-order chi connectivity index (χ1) is 35.5. The SMILES string of the molecule is CC/C=C\C/C=C\C/C=C\C/C=C\C/C=C\C/C=C\C/C=C\CCCC(=O)OC(COC(=O)CCCCCCCC)COC(=O)CCCCCCCCCCCCCC/C=C\C/C=C\C/C=C\C/C=C\CC. The summed E-state index contributed by atoms with van der Waals surface area (Å²) in [5, 5.41) is 0. The van der Waals surface area contributed by atoms with Gasteiger partial charge in [-0.3, -0.25) is 14.4 Å². The third-order valence-corrected chi connectivity index (χ3v) is 11.9. The number of esters is 3. The van der Waals surface area contributed by atoms with Gasteiger partial charge in [0.25, 0.3) is 0 Å². The quantitative estimate of drug-likeness (QED) is 0.0261. The highest BCUT2D eigenvalue weighted by molar-refractivity contribution is 5.71. The lowest BCUT2D eigenvalue weighted by molar-refractivity contribution is -0.167. The van der Waals surface area contributed by atoms with Gasteiger partial charge in [-0.25, -0.2) is 0 Å². The molecule has 0 bridgehead atoms. The molecule has 1 atom stereocenters. The van der Waals surface area contributed by atoms with Crippen molar-refractivity contribution in [1.29, 1.82) is 0 Å². The van der Waals surface area contributed by atoms with Crippen LogP contribution < -0.4 is 0 Å². The van der Waals surface area contributed by atoms with Crippen molar-refractivity contribution in [3.8, 4) is 0 Å². The molecule has 0 rings (SSSR count). The smallest absolute Gasteiger partial charge is 0.306 e. The van der Waals surface area contributed by atoms with Crippen LogP contribution in [0.3, 0.4) is 0 Å². The predicted octanol–water partition coefficient (Wildman–Crippen LogP) is 19.8. The van der Waals surface area contributed by atoms with Gasteiger partial charge in [-0.2, -0.15) is 0 Å². The monoisotopic (exact) mass is 995 g/mol. The first kappa shape index (κ1) is 67.5. The minimum absolute atomic E-state index is 0.105. The summed E-state index contributed by atoms with van der Waals surface area (Å²) in [7, 11) is 0. The Morgan fingerprint density at radius 2 is 0.556 bits per heavy atom. The highest BCUT2D eigenvalue weighted by Gasteiger charge is 2.19. The lowest BCUT2D eigenvalue weighted by Gasteiger charge is -2.18. The maximum Gasteiger partial charge on any atom is 0.306 e. The zero-order valence-electron chi connectivity index (χ0n) is 46.4. The standard InChI is InChI=1S/C66H106O6/c1-4-7-10-13-16-18-20-22-24-26-28-30-32-33-35-36-38-40-42-44-46-48-50-53-56-59-65(68)71-62-63(61-70-64(67)58-55-52-15-12-9-6-3)72-66(69)60-57-54-51-49-47-45-43-41-39-37-34-31-29-27-25-23-21-19-17-14-11-8-5-2/h7-8,10-11,16-19,22-25,28-31,37,39,43,45,49,51,63H,4-6,9,12-15,20-21,26-27,32-36,38,40-42,44,46-48,50,52-62H2,1-3H3/b10-7-,11-8-,18-16-,19-17-,24-22-,25-23-,30-28-,31-29-,39-37-,45-43-,51-49-. The molecule has 0 aliphatic carbocycles. The van der Waals surface area contributed by atoms with Crippen LogP contribution in [0.25, 0.3) is 0 Å². The van der Waals surface area contributed by atoms with Crippen molar-refractivity contribution >= 4 is 17.9 Å². The molecular formula is C66H106O6. The Labute approximate surface area is 443 Å². The molecule has 0 aliphatic heterocycles. The van der Waals surface area contributed by atoms with Gasteiger partial charge >= 0.3 is 17.9 Å². The molecule has 0 aromatic heterocycles. The van der Waals surface area contributed by atoms with Gasteiger partial charge in [-0.05, 0) is 109 Å². The molecular weight excluding hydrogens is 889 g/mol. The molecule has 0 amide bonds. The molecule has 0 N–H and O–H groups in total. The summed E-state index contributed by atoms with van der Waals surface area (Å²) >= 11 is 0. The Kier molecular flexibility index (Phi) is 55.5. The molecule has 0 radical (unpaired) electrons. The first-order valence-electron chi connectivity index (χ1n) is 29.2. The molecule has 0 aromatic carbocycles. The number of allylic oxidation sites excluding steroid dienone is 22. The average molecular weight is 996 g/mol. The van der Waals surface area contributed by atoms with Crippen LogP contribution >= 0.6 is 0 Å². The lowest BCUT2D eigenvalue weighted by Crippen LogP contribution is -2.30. The Morgan fingerprint density at radius 1 is 0.292 bits per heavy atom. The average Bonchev–Trinajstić information content (AvgIpc) is 3.38. The van der Waals surface area contributed by atoms with Crippen LogP contribution in [0.1, 0.15) is 245 Å². The van der Waals surface area contributed by atoms with Crippen LogP contribution in [0.15, 0.2) is 134 Å². The van der Waals surface area contributed by atoms with E-state index in [0.29, 0.717) is 19.3 Å². The van der Waals surface area contributed by atoms with E-state index in [1.807, 2.05) is 0 Å². The fraction of sp³-hybridized carbons (Fsp3) is 0.621. The number of hydrogen-bond acceptors (Lipinski definition) is 6. The summed E-state index contributed by atoms with van der Waals surface area (Å²) in [5.74, 6) is -0.981. The minimum atomic E-state index is -0.810. The van der Waals surface area contributed by atoms with Crippen molar-refractivity contribution in [2.75, 3.05) is 13.2 Å². The lowest BCUT2D eigenvalue weighted by atomic mass is 10.0. The second kappa shape index (κ2) is 59.1. The van der Waals surface area contributed by atoms with Gasteiger partial charge in [0.05, 0.1) is 0 Å². The van der Waals surface area contributed by atoms with Crippen molar-refractivity contribution in [1.82, 2.24) is 0 Å². The summed E-state index contributed by atoms with van der Waals surface area (Å²) in [5.41, 5.74) is 0. The van der Waals surface area contributed by atoms with E-state index in [4.69, 9.17) is 14.2 Å². The Bertz CT molecular complexity index is 1560. The van der Waals surface area contributed by atoms with Crippen LogP contribution in [-0.4, -0.2) is 37.2 Å². The molecule has 0 fully saturated rings. The van der Waals surface area contributed by atoms with Crippen molar-refractivity contribution < 1.29 is 28.6 Å². The molecule has 72 heavy (non-hydrogen) atoms. The molecule has 0 saturated carbocycles. The van der Waals surface area contributed by atoms with Gasteiger partial charge in [0.15, 0.2) is 6.10 Å². The molecule has 0 heterocycles. The predicted molar refractivity (Wildman–Crippen MR) is 311 cm³/mol. The number of unbranched alkanes of at least 4 members (excludes halogenated alkanes) is 18. The van der Waals surface area contributed by atoms with Gasteiger partial charge in [0.2, 0.25) is 0 Å². The summed E-state index contributed by atoms with van der Waals surface area (Å²) in [6.07, 6.45) is 83.4. The molecule has 6 heteroatoms. The number of ether oxygens (including phenoxy) is 3. The van der Waals surface area contributed by atoms with Crippen LogP contribution in [-0.2, 0) is 28.6 Å². The number of carbonyl (C=O) groups excluding carboxylic acids is 3. The normalized spacial score (nSPS) is 13.1. The van der Waals surface area contributed by atoms with Gasteiger partial charge in [0.1, 0.15) is 13.2 Å². The molecule has 0 saturated heterocycles. The van der Waals surface area contributed by atoms with E-state index in [1.165, 1.54) is 83.5 Å². The summed E-state index contributed by atoms with van der Waals surface area (Å²) in [6, 6.07) is 0. The van der Waals surface area contributed by atoms with Gasteiger partial charge in [-0.1, -0.05) is 251 Å². The summed E-state index contributed by atoms with van der Waals surface area (Å²) in [4.78, 5) is 37.9. The third-order valence-electron chi connectivity index (χ3n) is 11.9. The zero-order chi connectivity index (χ0) is 52.2. The van der Waals surface area contributed by atoms with E-state index in [2.05, 4.69) is 154 Å². The Hall–Kier alpha value is -4.45. The van der Waals surface area contributed by atoms with E-state index in [0.717, 1.165) is 116 Å². The van der Waals surface area contributed by atoms with E-state index in [-0.39, 0.29) is 37.5 Å². The van der Waals surface area contributed by atoms with Gasteiger partial charge in [0, 0.05) is 19.3 Å². The van der Waals surface area contributed by atoms with Crippen molar-refractivity contribution in [2.45, 2.75) is 252 Å². The summed E-state index contributed by atoms with van der Waals surface area (Å²) in [6.45, 7) is 6.30. The summed E-state index contributed by atoms with van der Waals surface area (Å²) < 4.78 is 16.7. The van der Waals surface area contributed by atoms with Crippen LogP contribution in [0.5, 0.6) is 0 Å². The van der Waals surface area contributed by atoms with Crippen molar-refractivity contribution in [3.05, 3.63) is 134 Å². The minimum Gasteiger partial charge on any atom is -0.462 e. The fourth-order valence-electron chi connectivity index (χ4n) is 7.60. The van der Waals surface area contributed by atoms with Gasteiger partial charge in [-0.15, -0.1) is 0 Å². The highest BCUT2D eigenvalue weighted by Crippen LogP contribution is 2.15. The van der Waals surface area contributed by atoms with Crippen molar-refractivity contribution in [2.24, 2.45) is 0 Å². The maximum absolute atomic E-state index is 12.8. The molecule has 1 unspecified atom stereocenters. The van der Waals surface area contributed by atoms with Gasteiger partial charge < -0.3 is 14.2 Å². The third kappa shape index (κ3) is 56.5. The van der Waals surface area contributed by atoms with Crippen LogP contribution in [0.2, 0.25) is 0 Å². The molecule has 6 nitrogen and oxygen atoms in total. The van der Waals surface area contributed by atoms with E-state index in [1.54, 1.807) is 0 Å². The molecule has 0 aliphatic rings. The van der Waals surface area contributed by atoms with Crippen LogP contribution in [0, 0.1) is 0 Å². The van der Waals surface area contributed by atoms with E-state index < -0.39 is 6.10 Å². The number of carbonyl (C=O) groups is 3.